The summed E-state index contributed by atoms with van der Waals surface area (Å²) in [5.74, 6) is 1.27. The van der Waals surface area contributed by atoms with Gasteiger partial charge in [-0.05, 0) is 121 Å². The summed E-state index contributed by atoms with van der Waals surface area (Å²) in [6, 6.07) is 9.92. The Bertz CT molecular complexity index is 1620. The zero-order valence-electron chi connectivity index (χ0n) is 30.6. The number of aryl methyl sites for hydroxylation is 1. The fraction of sp³-hybridized carbons (Fsp3) is 0.467. The van der Waals surface area contributed by atoms with Crippen molar-refractivity contribution in [3.05, 3.63) is 130 Å². The molecule has 0 amide bonds. The van der Waals surface area contributed by atoms with Crippen LogP contribution in [0.25, 0.3) is 11.1 Å². The molecule has 50 heavy (non-hydrogen) atoms. The van der Waals surface area contributed by atoms with E-state index in [2.05, 4.69) is 54.5 Å². The second kappa shape index (κ2) is 18.1. The van der Waals surface area contributed by atoms with Crippen LogP contribution in [0.15, 0.2) is 102 Å². The van der Waals surface area contributed by atoms with Gasteiger partial charge in [0.15, 0.2) is 0 Å². The molecule has 3 aliphatic carbocycles. The van der Waals surface area contributed by atoms with Gasteiger partial charge >= 0.3 is 6.18 Å². The Balaban J connectivity index is 1.08. The van der Waals surface area contributed by atoms with E-state index in [0.717, 1.165) is 79.0 Å². The van der Waals surface area contributed by atoms with Crippen molar-refractivity contribution in [2.45, 2.75) is 117 Å². The van der Waals surface area contributed by atoms with Crippen LogP contribution < -0.4 is 5.32 Å². The normalized spacial score (nSPS) is 22.7. The fourth-order valence-corrected chi connectivity index (χ4v) is 7.72. The maximum absolute atomic E-state index is 14.8. The molecule has 1 aromatic heterocycles. The Labute approximate surface area is 299 Å². The number of pyridine rings is 1. The van der Waals surface area contributed by atoms with Crippen LogP contribution in [0, 0.1) is 18.3 Å². The van der Waals surface area contributed by atoms with Crippen LogP contribution in [0.3, 0.4) is 0 Å². The van der Waals surface area contributed by atoms with Gasteiger partial charge in [-0.15, -0.1) is 0 Å². The molecule has 2 unspecified atom stereocenters. The summed E-state index contributed by atoms with van der Waals surface area (Å²) >= 11 is 0. The van der Waals surface area contributed by atoms with Crippen LogP contribution in [-0.2, 0) is 6.42 Å². The SMILES string of the molecule is CC/C(NCCCCCCC(C)CCCC1=CCC(c2ccncc2)C=C1)=C(\C)c1cccc2c1/C(C(F)(F)F)=C\C(=C1\[CH]C=C1)[C@@H](C)CC2. The van der Waals surface area contributed by atoms with Crippen molar-refractivity contribution in [2.75, 3.05) is 6.54 Å². The van der Waals surface area contributed by atoms with Crippen LogP contribution in [0.1, 0.15) is 126 Å². The minimum atomic E-state index is -4.45. The van der Waals surface area contributed by atoms with E-state index in [4.69, 9.17) is 0 Å². The van der Waals surface area contributed by atoms with Crippen LogP contribution in [0.5, 0.6) is 0 Å². The monoisotopic (exact) mass is 681 g/mol. The molecule has 0 spiro atoms. The summed E-state index contributed by atoms with van der Waals surface area (Å²) in [5, 5.41) is 3.62. The summed E-state index contributed by atoms with van der Waals surface area (Å²) in [5.41, 5.74) is 7.79. The maximum atomic E-state index is 14.8. The van der Waals surface area contributed by atoms with Gasteiger partial charge in [0.05, 0.1) is 5.57 Å². The molecule has 1 N–H and O–H groups in total. The quantitative estimate of drug-likeness (QED) is 0.189. The number of nitrogens with zero attached hydrogens (tertiary/aromatic N) is 1. The number of halogens is 3. The number of fused-ring (bicyclic) bond motifs is 1. The first-order valence-corrected chi connectivity index (χ1v) is 19.0. The van der Waals surface area contributed by atoms with E-state index in [1.54, 1.807) is 0 Å². The second-order valence-electron chi connectivity index (χ2n) is 14.6. The van der Waals surface area contributed by atoms with Crippen molar-refractivity contribution in [1.29, 1.82) is 0 Å². The predicted molar refractivity (Wildman–Crippen MR) is 204 cm³/mol. The zero-order valence-corrected chi connectivity index (χ0v) is 30.6. The lowest BCUT2D eigenvalue weighted by Crippen LogP contribution is -2.20. The first kappa shape index (κ1) is 37.7. The Hall–Kier alpha value is -3.60. The summed E-state index contributed by atoms with van der Waals surface area (Å²) in [6.45, 7) is 9.35. The lowest BCUT2D eigenvalue weighted by molar-refractivity contribution is -0.0690. The highest BCUT2D eigenvalue weighted by atomic mass is 19.4. The highest BCUT2D eigenvalue weighted by molar-refractivity contribution is 5.85. The molecule has 3 aliphatic rings. The van der Waals surface area contributed by atoms with Gasteiger partial charge in [0.2, 0.25) is 0 Å². The largest absolute Gasteiger partial charge is 0.417 e. The molecular weight excluding hydrogens is 626 g/mol. The van der Waals surface area contributed by atoms with E-state index in [9.17, 15) is 13.2 Å². The molecule has 5 heteroatoms. The summed E-state index contributed by atoms with van der Waals surface area (Å²) < 4.78 is 44.4. The van der Waals surface area contributed by atoms with Gasteiger partial charge in [0, 0.05) is 37.0 Å². The van der Waals surface area contributed by atoms with E-state index in [0.29, 0.717) is 23.5 Å². The summed E-state index contributed by atoms with van der Waals surface area (Å²) in [7, 11) is 0. The molecule has 0 fully saturated rings. The molecule has 0 saturated heterocycles. The van der Waals surface area contributed by atoms with E-state index in [-0.39, 0.29) is 5.92 Å². The minimum Gasteiger partial charge on any atom is -0.388 e. The minimum absolute atomic E-state index is 0.0580. The van der Waals surface area contributed by atoms with Crippen LogP contribution in [-0.4, -0.2) is 17.7 Å². The van der Waals surface area contributed by atoms with Crippen molar-refractivity contribution in [1.82, 2.24) is 10.3 Å². The molecule has 5 rings (SSSR count). The lowest BCUT2D eigenvalue weighted by atomic mass is 9.79. The number of alkyl halides is 3. The molecule has 1 radical (unpaired) electrons. The molecule has 1 aromatic carbocycles. The number of rotatable bonds is 15. The maximum Gasteiger partial charge on any atom is 0.417 e. The molecule has 2 nitrogen and oxygen atoms in total. The van der Waals surface area contributed by atoms with Crippen molar-refractivity contribution in [3.63, 3.8) is 0 Å². The zero-order chi connectivity index (χ0) is 35.5. The Morgan fingerprint density at radius 1 is 1.00 bits per heavy atom. The molecule has 0 saturated carbocycles. The molecule has 267 valence electrons. The average Bonchev–Trinajstić information content (AvgIpc) is 3.08. The number of unbranched alkanes of at least 4 members (excludes halogenated alkanes) is 3. The third kappa shape index (κ3) is 10.0. The molecule has 0 bridgehead atoms. The Kier molecular flexibility index (Phi) is 13.6. The molecular formula is C45H56F3N2. The highest BCUT2D eigenvalue weighted by Gasteiger charge is 2.39. The predicted octanol–water partition coefficient (Wildman–Crippen LogP) is 12.8. The van der Waals surface area contributed by atoms with Crippen molar-refractivity contribution >= 4 is 11.1 Å². The van der Waals surface area contributed by atoms with Crippen LogP contribution >= 0.6 is 0 Å². The van der Waals surface area contributed by atoms with Gasteiger partial charge in [0.1, 0.15) is 0 Å². The van der Waals surface area contributed by atoms with Gasteiger partial charge in [-0.25, -0.2) is 0 Å². The Morgan fingerprint density at radius 2 is 1.76 bits per heavy atom. The van der Waals surface area contributed by atoms with E-state index in [1.165, 1.54) is 49.3 Å². The van der Waals surface area contributed by atoms with Gasteiger partial charge in [-0.3, -0.25) is 4.98 Å². The van der Waals surface area contributed by atoms with Gasteiger partial charge in [-0.1, -0.05) is 107 Å². The number of aromatic nitrogens is 1. The summed E-state index contributed by atoms with van der Waals surface area (Å²) in [4.78, 5) is 4.13. The third-order valence-corrected chi connectivity index (χ3v) is 10.9. The number of hydrogen-bond donors (Lipinski definition) is 1. The first-order valence-electron chi connectivity index (χ1n) is 19.0. The van der Waals surface area contributed by atoms with E-state index >= 15 is 0 Å². The van der Waals surface area contributed by atoms with Gasteiger partial charge in [0.25, 0.3) is 0 Å². The topological polar surface area (TPSA) is 24.9 Å². The van der Waals surface area contributed by atoms with Crippen LogP contribution in [0.2, 0.25) is 0 Å². The van der Waals surface area contributed by atoms with Crippen molar-refractivity contribution in [2.24, 2.45) is 11.8 Å². The number of benzene rings is 1. The summed E-state index contributed by atoms with van der Waals surface area (Å²) in [6.07, 6.45) is 26.5. The number of hydrogen-bond acceptors (Lipinski definition) is 2. The standard InChI is InChI=1S/C45H56F3N2/c1-5-43(34(4)40-19-12-18-39-23-20-33(3)41(38-16-11-17-38)31-42(44(39)40)45(46,47)48)50-28-9-7-6-8-13-32(2)14-10-15-35-21-24-36(25-22-35)37-26-29-49-30-27-37/h11-12,16-19,21-22,24,26-27,29-33,36,50H,5-10,13-15,20,23,25,28H2,1-4H3/b42-31+,43-34-/t32?,33-,36?/m0/s1. The fourth-order valence-electron chi connectivity index (χ4n) is 7.72. The molecule has 3 atom stereocenters. The third-order valence-electron chi connectivity index (χ3n) is 10.9. The highest BCUT2D eigenvalue weighted by Crippen LogP contribution is 2.44. The Morgan fingerprint density at radius 3 is 2.44 bits per heavy atom. The second-order valence-corrected chi connectivity index (χ2v) is 14.6. The van der Waals surface area contributed by atoms with Crippen molar-refractivity contribution < 1.29 is 13.2 Å². The number of allylic oxidation sites excluding steroid dienone is 12. The smallest absolute Gasteiger partial charge is 0.388 e. The van der Waals surface area contributed by atoms with Crippen molar-refractivity contribution in [3.8, 4) is 0 Å². The molecule has 0 aliphatic heterocycles. The van der Waals surface area contributed by atoms with Gasteiger partial charge in [-0.2, -0.15) is 13.2 Å². The first-order chi connectivity index (χ1) is 24.2. The number of nitrogens with one attached hydrogen (secondary N) is 1. The lowest BCUT2D eigenvalue weighted by Gasteiger charge is -2.28. The van der Waals surface area contributed by atoms with E-state index in [1.807, 2.05) is 63.0 Å². The van der Waals surface area contributed by atoms with Crippen LogP contribution in [0.4, 0.5) is 13.2 Å². The molecule has 1 heterocycles. The van der Waals surface area contributed by atoms with E-state index < -0.39 is 11.7 Å². The molecule has 2 aromatic rings. The average molecular weight is 682 g/mol. The van der Waals surface area contributed by atoms with Gasteiger partial charge < -0.3 is 5.32 Å².